The molecule has 0 amide bonds. The Bertz CT molecular complexity index is 1220. The molecule has 352 valence electrons. The van der Waals surface area contributed by atoms with Gasteiger partial charge in [0, 0.05) is 6.61 Å². The zero-order valence-corrected chi connectivity index (χ0v) is 42.2. The molecule has 0 aliphatic heterocycles. The molecule has 0 heterocycles. The van der Waals surface area contributed by atoms with Crippen molar-refractivity contribution in [2.45, 2.75) is 167 Å². The molecule has 2 aromatic rings. The van der Waals surface area contributed by atoms with Gasteiger partial charge in [-0.1, -0.05) is 130 Å². The van der Waals surface area contributed by atoms with Crippen LogP contribution in [0.4, 0.5) is 0 Å². The van der Waals surface area contributed by atoms with E-state index in [0.29, 0.717) is 11.8 Å². The van der Waals surface area contributed by atoms with Crippen LogP contribution in [0.3, 0.4) is 0 Å². The van der Waals surface area contributed by atoms with Crippen LogP contribution < -0.4 is 0 Å². The highest BCUT2D eigenvalue weighted by Crippen LogP contribution is 2.36. The Morgan fingerprint density at radius 3 is 1.34 bits per heavy atom. The van der Waals surface area contributed by atoms with Gasteiger partial charge in [-0.2, -0.15) is 12.6 Å². The van der Waals surface area contributed by atoms with Crippen LogP contribution in [0.2, 0.25) is 77.1 Å². The number of hydrogen-bond acceptors (Lipinski definition) is 7. The lowest BCUT2D eigenvalue weighted by molar-refractivity contribution is 0.296. The Morgan fingerprint density at radius 1 is 0.644 bits per heavy atom. The van der Waals surface area contributed by atoms with Crippen LogP contribution in [-0.2, 0) is 12.3 Å². The standard InChI is InChI=1S/C20H38O3SSi3.C16H28OSi2.C3H8OS.C2H4.6CH4/c1-8-19(20-13-11-10-12-14-20)17-26(6,16-15-24-18-21)23-27(7,9-2)22-25(3,4)5;1-7-15(16-12-10-9-11-13-16)14-19(6,8-2)17-18(3,4)5;4-2-1-3-5;1-2;;;;;;/h9-14,19,21H,2,8,15-18H2,1,3-7H3;8-13,15H,2,7,14H2,1,3-6H3;4-5H,1-3H2;1-2H2;6*1H4. The third kappa shape index (κ3) is 36.4. The average molecular weight is 952 g/mol. The molecule has 0 saturated heterocycles. The molecule has 0 radical (unpaired) electrons. The molecular formula is C47H102O5S2Si5. The van der Waals surface area contributed by atoms with Crippen LogP contribution in [0.25, 0.3) is 0 Å². The Morgan fingerprint density at radius 2 is 1.05 bits per heavy atom. The summed E-state index contributed by atoms with van der Waals surface area (Å²) in [5.74, 6) is 2.97. The van der Waals surface area contributed by atoms with Gasteiger partial charge < -0.3 is 22.6 Å². The summed E-state index contributed by atoms with van der Waals surface area (Å²) in [6, 6.07) is 24.8. The maximum Gasteiger partial charge on any atom is 0.340 e. The number of hydrogen-bond donors (Lipinski definition) is 3. The molecular weight excluding hydrogens is 849 g/mol. The van der Waals surface area contributed by atoms with E-state index >= 15 is 0 Å². The van der Waals surface area contributed by atoms with Gasteiger partial charge in [0.1, 0.15) is 0 Å². The first-order chi connectivity index (χ1) is 24.8. The summed E-state index contributed by atoms with van der Waals surface area (Å²) in [6.45, 7) is 39.2. The van der Waals surface area contributed by atoms with Crippen molar-refractivity contribution in [3.63, 3.8) is 0 Å². The first-order valence-corrected chi connectivity index (χ1v) is 35.7. The van der Waals surface area contributed by atoms with Crippen molar-refractivity contribution in [2.75, 3.05) is 24.1 Å². The highest BCUT2D eigenvalue weighted by Gasteiger charge is 2.43. The molecule has 59 heavy (non-hydrogen) atoms. The lowest BCUT2D eigenvalue weighted by Gasteiger charge is -2.41. The normalized spacial score (nSPS) is 14.3. The van der Waals surface area contributed by atoms with Gasteiger partial charge in [-0.15, -0.1) is 38.1 Å². The molecule has 0 aliphatic carbocycles. The summed E-state index contributed by atoms with van der Waals surface area (Å²) in [5.41, 5.74) is 6.91. The molecule has 5 nitrogen and oxygen atoms in total. The molecule has 2 N–H and O–H groups in total. The Labute approximate surface area is 386 Å². The zero-order valence-electron chi connectivity index (χ0n) is 35.5. The number of thiol groups is 1. The Hall–Kier alpha value is -0.756. The third-order valence-electron chi connectivity index (χ3n) is 8.34. The van der Waals surface area contributed by atoms with E-state index in [1.165, 1.54) is 11.1 Å². The molecule has 5 atom stereocenters. The monoisotopic (exact) mass is 951 g/mol. The molecule has 0 bridgehead atoms. The van der Waals surface area contributed by atoms with Crippen LogP contribution in [0.15, 0.2) is 98.4 Å². The fourth-order valence-electron chi connectivity index (χ4n) is 6.14. The lowest BCUT2D eigenvalue weighted by Crippen LogP contribution is -2.54. The average Bonchev–Trinajstić information content (AvgIpc) is 3.11. The van der Waals surface area contributed by atoms with Gasteiger partial charge in [0.2, 0.25) is 8.32 Å². The van der Waals surface area contributed by atoms with E-state index in [1.54, 1.807) is 11.8 Å². The number of aliphatic hydroxyl groups is 2. The lowest BCUT2D eigenvalue weighted by atomic mass is 9.99. The van der Waals surface area contributed by atoms with Gasteiger partial charge in [-0.05, 0) is 131 Å². The predicted octanol–water partition coefficient (Wildman–Crippen LogP) is 16.4. The number of benzene rings is 2. The zero-order chi connectivity index (χ0) is 41.2. The van der Waals surface area contributed by atoms with Crippen LogP contribution in [0.1, 0.15) is 101 Å². The molecule has 0 aliphatic rings. The molecule has 2 aromatic carbocycles. The smallest absolute Gasteiger partial charge is 0.340 e. The number of aliphatic hydroxyl groups excluding tert-OH is 2. The number of thioether (sulfide) groups is 1. The molecule has 0 aromatic heterocycles. The molecule has 0 saturated carbocycles. The first kappa shape index (κ1) is 75.6. The van der Waals surface area contributed by atoms with Crippen LogP contribution in [0.5, 0.6) is 0 Å². The molecule has 0 spiro atoms. The van der Waals surface area contributed by atoms with Crippen LogP contribution in [-0.4, -0.2) is 76.1 Å². The van der Waals surface area contributed by atoms with Gasteiger partial charge in [0.15, 0.2) is 25.0 Å². The summed E-state index contributed by atoms with van der Waals surface area (Å²) in [6.07, 6.45) is 3.07. The predicted molar refractivity (Wildman–Crippen MR) is 295 cm³/mol. The fourth-order valence-corrected chi connectivity index (χ4v) is 29.1. The van der Waals surface area contributed by atoms with E-state index in [4.69, 9.17) is 17.5 Å². The van der Waals surface area contributed by atoms with E-state index in [1.807, 2.05) is 5.70 Å². The second-order valence-corrected chi connectivity index (χ2v) is 37.9. The maximum atomic E-state index is 9.21. The molecule has 5 unspecified atom stereocenters. The van der Waals surface area contributed by atoms with E-state index < -0.39 is 41.8 Å². The summed E-state index contributed by atoms with van der Waals surface area (Å²) in [4.78, 5) is 0. The van der Waals surface area contributed by atoms with E-state index in [2.05, 4.69) is 178 Å². The minimum atomic E-state index is -2.42. The van der Waals surface area contributed by atoms with Gasteiger partial charge in [0.05, 0.1) is 5.94 Å². The van der Waals surface area contributed by atoms with Crippen molar-refractivity contribution in [3.05, 3.63) is 110 Å². The Kier molecular flexibility index (Phi) is 51.3. The van der Waals surface area contributed by atoms with Crippen LogP contribution >= 0.6 is 24.4 Å². The minimum Gasteiger partial charge on any atom is -0.453 e. The van der Waals surface area contributed by atoms with Crippen molar-refractivity contribution >= 4 is 66.2 Å². The largest absolute Gasteiger partial charge is 0.453 e. The summed E-state index contributed by atoms with van der Waals surface area (Å²) in [7, 11) is -9.50. The van der Waals surface area contributed by atoms with Gasteiger partial charge in [-0.25, -0.2) is 0 Å². The molecule has 2 rings (SSSR count). The minimum absolute atomic E-state index is 0. The highest BCUT2D eigenvalue weighted by molar-refractivity contribution is 7.99. The summed E-state index contributed by atoms with van der Waals surface area (Å²) in [5, 5.41) is 17.2. The topological polar surface area (TPSA) is 68.2 Å². The fraction of sp³-hybridized carbons (Fsp3) is 0.617. The second-order valence-electron chi connectivity index (χ2n) is 15.7. The SMILES string of the molecule is C.C.C.C.C.C.C=C.C=C[Si](C)(CC(CC)c1ccccc1)O[Si](C)(C)C.C=C[Si](C)(O[Si](C)(C)C)O[Si](C)(CCSCO)CC(CC)c1ccccc1.OCCCS. The van der Waals surface area contributed by atoms with E-state index in [9.17, 15) is 5.11 Å². The van der Waals surface area contributed by atoms with Crippen molar-refractivity contribution in [2.24, 2.45) is 0 Å². The quantitative estimate of drug-likeness (QED) is 0.0359. The van der Waals surface area contributed by atoms with Gasteiger partial charge in [0.25, 0.3) is 0 Å². The summed E-state index contributed by atoms with van der Waals surface area (Å²) >= 11 is 5.42. The Balaban J connectivity index is -0.000000120. The van der Waals surface area contributed by atoms with Gasteiger partial charge >= 0.3 is 8.56 Å². The maximum absolute atomic E-state index is 9.21. The second kappa shape index (κ2) is 40.0. The molecule has 12 heteroatoms. The molecule has 0 fully saturated rings. The summed E-state index contributed by atoms with van der Waals surface area (Å²) < 4.78 is 19.9. The van der Waals surface area contributed by atoms with E-state index in [0.717, 1.165) is 48.9 Å². The van der Waals surface area contributed by atoms with Gasteiger partial charge in [-0.3, -0.25) is 0 Å². The van der Waals surface area contributed by atoms with E-state index in [-0.39, 0.29) is 57.1 Å². The number of rotatable bonds is 22. The van der Waals surface area contributed by atoms with Crippen molar-refractivity contribution < 1.29 is 22.6 Å². The van der Waals surface area contributed by atoms with Crippen molar-refractivity contribution in [1.29, 1.82) is 0 Å². The third-order valence-corrected chi connectivity index (χ3v) is 27.2. The van der Waals surface area contributed by atoms with Crippen molar-refractivity contribution in [3.8, 4) is 0 Å². The highest BCUT2D eigenvalue weighted by atomic mass is 32.2. The first-order valence-electron chi connectivity index (χ1n) is 19.2. The van der Waals surface area contributed by atoms with Crippen molar-refractivity contribution in [1.82, 2.24) is 0 Å². The van der Waals surface area contributed by atoms with Crippen LogP contribution in [0, 0.1) is 0 Å².